The smallest absolute Gasteiger partial charge is 0.408 e. The summed E-state index contributed by atoms with van der Waals surface area (Å²) >= 11 is 0. The van der Waals surface area contributed by atoms with Gasteiger partial charge in [-0.25, -0.2) is 4.79 Å². The molecule has 1 aromatic rings. The second-order valence-corrected chi connectivity index (χ2v) is 5.12. The molecule has 1 atom stereocenters. The average molecular weight is 283 g/mol. The van der Waals surface area contributed by atoms with E-state index in [0.29, 0.717) is 6.29 Å². The molecule has 2 N–H and O–H groups in total. The molecule has 0 radical (unpaired) electrons. The normalized spacial score (nSPS) is 16.1. The zero-order chi connectivity index (χ0) is 19.4. The number of amides is 1. The van der Waals surface area contributed by atoms with Crippen molar-refractivity contribution in [1.29, 1.82) is 0 Å². The third-order valence-electron chi connectivity index (χ3n) is 2.08. The van der Waals surface area contributed by atoms with Crippen LogP contribution in [0.15, 0.2) is 30.2 Å². The van der Waals surface area contributed by atoms with Crippen molar-refractivity contribution in [3.8, 4) is 0 Å². The monoisotopic (exact) mass is 283 g/mol. The molecule has 1 rings (SSSR count). The van der Waals surface area contributed by atoms with Gasteiger partial charge in [0.2, 0.25) is 0 Å². The summed E-state index contributed by atoms with van der Waals surface area (Å²) in [7, 11) is 0. The van der Waals surface area contributed by atoms with Crippen LogP contribution in [0, 0.1) is 0 Å². The van der Waals surface area contributed by atoms with Crippen molar-refractivity contribution in [2.24, 2.45) is 0 Å². The van der Waals surface area contributed by atoms with Crippen LogP contribution in [0.4, 0.5) is 4.79 Å². The average Bonchev–Trinajstić information content (AvgIpc) is 2.51. The molecule has 110 valence electrons. The van der Waals surface area contributed by atoms with Crippen LogP contribution < -0.4 is 10.6 Å². The highest BCUT2D eigenvalue weighted by Crippen LogP contribution is 2.06. The highest BCUT2D eigenvalue weighted by Gasteiger charge is 2.18. The molecule has 5 heteroatoms. The van der Waals surface area contributed by atoms with Gasteiger partial charge in [-0.2, -0.15) is 0 Å². The Morgan fingerprint density at radius 2 is 2.05 bits per heavy atom. The molecule has 0 spiro atoms. The third kappa shape index (κ3) is 6.89. The number of carbonyl (C=O) groups excluding carboxylic acids is 2. The third-order valence-corrected chi connectivity index (χ3v) is 2.08. The van der Waals surface area contributed by atoms with E-state index in [1.807, 2.05) is 0 Å². The Kier molecular flexibility index (Phi) is 3.80. The Balaban J connectivity index is 2.70. The fourth-order valence-electron chi connectivity index (χ4n) is 1.31. The van der Waals surface area contributed by atoms with E-state index in [4.69, 9.17) is 11.6 Å². The fraction of sp³-hybridized carbons (Fsp3) is 0.467. The van der Waals surface area contributed by atoms with Gasteiger partial charge < -0.3 is 20.2 Å². The van der Waals surface area contributed by atoms with Gasteiger partial charge in [-0.1, -0.05) is 30.2 Å². The first kappa shape index (κ1) is 9.94. The molecule has 0 aliphatic heterocycles. The number of hydrogen-bond donors (Lipinski definition) is 2. The Bertz CT molecular complexity index is 633. The van der Waals surface area contributed by atoms with E-state index in [9.17, 15) is 9.59 Å². The maximum atomic E-state index is 11.6. The molecule has 0 aromatic heterocycles. The summed E-state index contributed by atoms with van der Waals surface area (Å²) < 4.78 is 43.4. The quantitative estimate of drug-likeness (QED) is 0.782. The minimum atomic E-state index is -0.875. The second-order valence-electron chi connectivity index (χ2n) is 5.12. The number of benzene rings is 1. The molecule has 0 aliphatic carbocycles. The zero-order valence-corrected chi connectivity index (χ0v) is 11.8. The van der Waals surface area contributed by atoms with E-state index in [2.05, 4.69) is 10.6 Å². The van der Waals surface area contributed by atoms with Crippen LogP contribution in [0.2, 0.25) is 0 Å². The molecule has 0 bridgehead atoms. The van der Waals surface area contributed by atoms with Crippen LogP contribution in [-0.4, -0.2) is 30.6 Å². The first-order valence-corrected chi connectivity index (χ1v) is 6.19. The van der Waals surface area contributed by atoms with Gasteiger partial charge in [0.1, 0.15) is 17.9 Å². The lowest BCUT2D eigenvalue weighted by Crippen LogP contribution is -2.45. The van der Waals surface area contributed by atoms with Gasteiger partial charge in [-0.3, -0.25) is 0 Å². The van der Waals surface area contributed by atoms with Crippen molar-refractivity contribution < 1.29 is 21.2 Å². The summed E-state index contributed by atoms with van der Waals surface area (Å²) in [5.74, 6) is 0. The molecule has 0 unspecified atom stereocenters. The van der Waals surface area contributed by atoms with Gasteiger partial charge in [-0.15, -0.1) is 0 Å². The predicted molar refractivity (Wildman–Crippen MR) is 77.4 cm³/mol. The summed E-state index contributed by atoms with van der Waals surface area (Å²) in [6.07, 6.45) is -0.215. The largest absolute Gasteiger partial charge is 0.444 e. The van der Waals surface area contributed by atoms with Crippen LogP contribution in [0.25, 0.3) is 0 Å². The Morgan fingerprint density at radius 3 is 2.60 bits per heavy atom. The lowest BCUT2D eigenvalue weighted by atomic mass is 10.2. The van der Waals surface area contributed by atoms with Gasteiger partial charge in [0.05, 0.1) is 6.85 Å². The number of nitrogens with one attached hydrogen (secondary N) is 2. The maximum Gasteiger partial charge on any atom is 0.408 e. The standard InChI is InChI=1S/C15H22N2O3/c1-15(2,3)20-14(19)17-13(11-18)10-16-9-12-7-5-4-6-8-12/h4-8,11,13,16H,9-10H2,1-3H3,(H,17,19)/t13-/m0/s1/i4D,5D,6D,7D,8D. The number of aldehydes is 1. The summed E-state index contributed by atoms with van der Waals surface area (Å²) in [5, 5.41) is 5.19. The van der Waals surface area contributed by atoms with E-state index in [0.717, 1.165) is 0 Å². The number of rotatable bonds is 6. The number of carbonyl (C=O) groups is 2. The molecule has 0 saturated heterocycles. The van der Waals surface area contributed by atoms with Crippen molar-refractivity contribution in [2.75, 3.05) is 6.54 Å². The van der Waals surface area contributed by atoms with E-state index in [-0.39, 0.29) is 30.7 Å². The van der Waals surface area contributed by atoms with Crippen molar-refractivity contribution >= 4 is 12.4 Å². The lowest BCUT2D eigenvalue weighted by Gasteiger charge is -2.21. The molecule has 20 heavy (non-hydrogen) atoms. The van der Waals surface area contributed by atoms with Crippen LogP contribution in [0.5, 0.6) is 0 Å². The number of hydrogen-bond acceptors (Lipinski definition) is 4. The molecule has 5 nitrogen and oxygen atoms in total. The van der Waals surface area contributed by atoms with Gasteiger partial charge >= 0.3 is 6.09 Å². The minimum Gasteiger partial charge on any atom is -0.444 e. The summed E-state index contributed by atoms with van der Waals surface area (Å²) in [4.78, 5) is 22.7. The van der Waals surface area contributed by atoms with Crippen molar-refractivity contribution in [3.63, 3.8) is 0 Å². The molecular formula is C15H22N2O3. The highest BCUT2D eigenvalue weighted by atomic mass is 16.6. The Labute approximate surface area is 126 Å². The fourth-order valence-corrected chi connectivity index (χ4v) is 1.31. The first-order chi connectivity index (χ1) is 11.5. The number of alkyl carbamates (subject to hydrolysis) is 1. The predicted octanol–water partition coefficient (Wildman–Crippen LogP) is 1.87. The van der Waals surface area contributed by atoms with Gasteiger partial charge in [0.15, 0.2) is 0 Å². The van der Waals surface area contributed by atoms with E-state index < -0.39 is 35.9 Å². The molecule has 0 aliphatic rings. The zero-order valence-electron chi connectivity index (χ0n) is 16.8. The SMILES string of the molecule is [2H]c1c([2H])c([2H])c(CNC[C@@H](C=O)NC(=O)OC(C)(C)C)c([2H])c1[2H]. The van der Waals surface area contributed by atoms with Crippen LogP contribution in [0.3, 0.4) is 0 Å². The van der Waals surface area contributed by atoms with Crippen LogP contribution >= 0.6 is 0 Å². The van der Waals surface area contributed by atoms with Crippen LogP contribution in [-0.2, 0) is 16.1 Å². The van der Waals surface area contributed by atoms with Crippen LogP contribution in [0.1, 0.15) is 33.2 Å². The van der Waals surface area contributed by atoms with E-state index in [1.165, 1.54) is 0 Å². The van der Waals surface area contributed by atoms with Gasteiger partial charge in [0.25, 0.3) is 0 Å². The number of ether oxygens (including phenoxy) is 1. The van der Waals surface area contributed by atoms with Crippen molar-refractivity contribution in [1.82, 2.24) is 10.6 Å². The summed E-state index contributed by atoms with van der Waals surface area (Å²) in [6.45, 7) is 5.05. The minimum absolute atomic E-state index is 0.0188. The highest BCUT2D eigenvalue weighted by molar-refractivity contribution is 5.73. The van der Waals surface area contributed by atoms with E-state index in [1.54, 1.807) is 20.8 Å². The van der Waals surface area contributed by atoms with Crippen molar-refractivity contribution in [2.45, 2.75) is 39.0 Å². The van der Waals surface area contributed by atoms with Gasteiger partial charge in [0, 0.05) is 13.1 Å². The molecule has 0 saturated carbocycles. The molecule has 1 aromatic carbocycles. The lowest BCUT2D eigenvalue weighted by molar-refractivity contribution is -0.109. The Hall–Kier alpha value is -1.88. The second kappa shape index (κ2) is 7.65. The van der Waals surface area contributed by atoms with Gasteiger partial charge in [-0.05, 0) is 26.3 Å². The van der Waals surface area contributed by atoms with Crippen molar-refractivity contribution in [3.05, 3.63) is 35.8 Å². The summed E-state index contributed by atoms with van der Waals surface area (Å²) in [5.41, 5.74) is -0.606. The first-order valence-electron chi connectivity index (χ1n) is 8.69. The van der Waals surface area contributed by atoms with E-state index >= 15 is 0 Å². The molecule has 1 amide bonds. The molecule has 0 heterocycles. The Morgan fingerprint density at radius 1 is 1.40 bits per heavy atom. The summed E-state index contributed by atoms with van der Waals surface area (Å²) in [6, 6.07) is -2.79. The maximum absolute atomic E-state index is 11.6. The molecule has 0 fully saturated rings. The molecular weight excluding hydrogens is 256 g/mol. The topological polar surface area (TPSA) is 67.4 Å².